The van der Waals surface area contributed by atoms with Gasteiger partial charge in [-0.05, 0) is 51.0 Å². The molecule has 130 valence electrons. The first kappa shape index (κ1) is 18.4. The molecule has 1 saturated carbocycles. The highest BCUT2D eigenvalue weighted by molar-refractivity contribution is 7.80. The topological polar surface area (TPSA) is 70.2 Å². The molecule has 5 nitrogen and oxygen atoms in total. The predicted molar refractivity (Wildman–Crippen MR) is 100.0 cm³/mol. The normalized spacial score (nSPS) is 15.0. The quantitative estimate of drug-likeness (QED) is 0.732. The summed E-state index contributed by atoms with van der Waals surface area (Å²) in [5, 5.41) is 8.82. The Labute approximate surface area is 148 Å². The lowest BCUT2D eigenvalue weighted by Crippen LogP contribution is -2.39. The fourth-order valence-electron chi connectivity index (χ4n) is 2.86. The van der Waals surface area contributed by atoms with Crippen LogP contribution in [0.3, 0.4) is 0 Å². The molecule has 1 aromatic carbocycles. The third kappa shape index (κ3) is 5.30. The molecule has 0 saturated heterocycles. The van der Waals surface area contributed by atoms with E-state index in [2.05, 4.69) is 16.0 Å². The maximum absolute atomic E-state index is 12.2. The first-order chi connectivity index (χ1) is 11.5. The van der Waals surface area contributed by atoms with E-state index < -0.39 is 0 Å². The molecule has 0 atom stereocenters. The van der Waals surface area contributed by atoms with Crippen LogP contribution in [-0.2, 0) is 4.79 Å². The Balaban J connectivity index is 1.98. The lowest BCUT2D eigenvalue weighted by molar-refractivity contribution is -0.124. The average Bonchev–Trinajstić information content (AvgIpc) is 2.55. The molecule has 0 bridgehead atoms. The minimum atomic E-state index is -0.172. The summed E-state index contributed by atoms with van der Waals surface area (Å²) in [7, 11) is 0. The number of hydrogen-bond donors (Lipinski definition) is 3. The fraction of sp³-hybridized carbons (Fsp3) is 0.500. The molecule has 0 aliphatic heterocycles. The molecule has 0 aromatic heterocycles. The second-order valence-corrected chi connectivity index (χ2v) is 6.86. The van der Waals surface area contributed by atoms with Crippen LogP contribution in [0.15, 0.2) is 24.3 Å². The molecule has 1 aliphatic rings. The Bertz CT molecular complexity index is 610. The van der Waals surface area contributed by atoms with E-state index >= 15 is 0 Å². The van der Waals surface area contributed by atoms with Gasteiger partial charge in [0.2, 0.25) is 5.91 Å². The molecule has 24 heavy (non-hydrogen) atoms. The molecule has 1 aliphatic carbocycles. The highest BCUT2D eigenvalue weighted by Gasteiger charge is 2.22. The lowest BCUT2D eigenvalue weighted by Gasteiger charge is -2.21. The second-order valence-electron chi connectivity index (χ2n) is 6.45. The highest BCUT2D eigenvalue weighted by atomic mass is 32.1. The van der Waals surface area contributed by atoms with Crippen LogP contribution in [0.5, 0.6) is 0 Å². The van der Waals surface area contributed by atoms with E-state index in [1.807, 2.05) is 19.9 Å². The van der Waals surface area contributed by atoms with Crippen LogP contribution >= 0.6 is 12.2 Å². The largest absolute Gasteiger partial charge is 0.350 e. The number of thiocarbonyl (C=S) groups is 1. The number of benzene rings is 1. The van der Waals surface area contributed by atoms with Crippen molar-refractivity contribution in [3.63, 3.8) is 0 Å². The number of nitrogens with one attached hydrogen (secondary N) is 3. The Morgan fingerprint density at radius 3 is 2.46 bits per heavy atom. The summed E-state index contributed by atoms with van der Waals surface area (Å²) in [6, 6.07) is 7.16. The summed E-state index contributed by atoms with van der Waals surface area (Å²) in [4.78, 5) is 24.5. The Morgan fingerprint density at radius 2 is 1.79 bits per heavy atom. The van der Waals surface area contributed by atoms with Crippen LogP contribution in [0.25, 0.3) is 0 Å². The number of carbonyl (C=O) groups is 2. The van der Waals surface area contributed by atoms with Gasteiger partial charge in [-0.2, -0.15) is 0 Å². The van der Waals surface area contributed by atoms with Crippen molar-refractivity contribution < 1.29 is 9.59 Å². The van der Waals surface area contributed by atoms with E-state index in [0.717, 1.165) is 25.7 Å². The smallest absolute Gasteiger partial charge is 0.253 e. The van der Waals surface area contributed by atoms with Gasteiger partial charge in [0.25, 0.3) is 5.91 Å². The molecular weight excluding hydrogens is 322 g/mol. The number of anilines is 1. The molecule has 2 rings (SSSR count). The van der Waals surface area contributed by atoms with Crippen LogP contribution < -0.4 is 16.0 Å². The molecule has 1 fully saturated rings. The number of rotatable bonds is 4. The van der Waals surface area contributed by atoms with Crippen molar-refractivity contribution >= 4 is 34.8 Å². The summed E-state index contributed by atoms with van der Waals surface area (Å²) in [6.07, 6.45) is 5.22. The minimum absolute atomic E-state index is 0.0312. The zero-order valence-electron chi connectivity index (χ0n) is 14.2. The summed E-state index contributed by atoms with van der Waals surface area (Å²) in [5.74, 6) is -0.163. The van der Waals surface area contributed by atoms with Gasteiger partial charge in [0.05, 0.1) is 11.3 Å². The van der Waals surface area contributed by atoms with Crippen LogP contribution in [0.4, 0.5) is 5.69 Å². The average molecular weight is 347 g/mol. The Kier molecular flexibility index (Phi) is 6.73. The third-order valence-electron chi connectivity index (χ3n) is 4.05. The molecule has 0 unspecified atom stereocenters. The van der Waals surface area contributed by atoms with E-state index in [1.165, 1.54) is 6.42 Å². The van der Waals surface area contributed by atoms with E-state index in [9.17, 15) is 9.59 Å². The number of amides is 2. The van der Waals surface area contributed by atoms with Crippen molar-refractivity contribution in [3.05, 3.63) is 29.8 Å². The standard InChI is InChI=1S/C18H25N3O2S/c1-12(2)19-17(23)14-10-6-7-11-15(14)20-18(24)21-16(22)13-8-4-3-5-9-13/h6-7,10-13H,3-5,8-9H2,1-2H3,(H,19,23)(H2,20,21,22,24). The van der Waals surface area contributed by atoms with Gasteiger partial charge in [-0.25, -0.2) is 0 Å². The maximum atomic E-state index is 12.2. The number of carbonyl (C=O) groups excluding carboxylic acids is 2. The highest BCUT2D eigenvalue weighted by Crippen LogP contribution is 2.23. The van der Waals surface area contributed by atoms with Gasteiger partial charge < -0.3 is 16.0 Å². The molecule has 0 radical (unpaired) electrons. The molecule has 3 N–H and O–H groups in total. The van der Waals surface area contributed by atoms with Gasteiger partial charge >= 0.3 is 0 Å². The zero-order chi connectivity index (χ0) is 17.5. The fourth-order valence-corrected chi connectivity index (χ4v) is 3.07. The van der Waals surface area contributed by atoms with E-state index in [-0.39, 0.29) is 28.9 Å². The molecule has 0 heterocycles. The van der Waals surface area contributed by atoms with Gasteiger partial charge in [0.1, 0.15) is 0 Å². The number of para-hydroxylation sites is 1. The zero-order valence-corrected chi connectivity index (χ0v) is 15.0. The minimum Gasteiger partial charge on any atom is -0.350 e. The summed E-state index contributed by atoms with van der Waals surface area (Å²) in [5.41, 5.74) is 1.09. The van der Waals surface area contributed by atoms with Crippen LogP contribution in [0, 0.1) is 5.92 Å². The molecule has 0 spiro atoms. The Morgan fingerprint density at radius 1 is 1.12 bits per heavy atom. The maximum Gasteiger partial charge on any atom is 0.253 e. The monoisotopic (exact) mass is 347 g/mol. The van der Waals surface area contributed by atoms with Crippen molar-refractivity contribution in [3.8, 4) is 0 Å². The first-order valence-corrected chi connectivity index (χ1v) is 8.90. The van der Waals surface area contributed by atoms with Crippen molar-refractivity contribution in [2.75, 3.05) is 5.32 Å². The lowest BCUT2D eigenvalue weighted by atomic mass is 9.89. The van der Waals surface area contributed by atoms with E-state index in [1.54, 1.807) is 18.2 Å². The van der Waals surface area contributed by atoms with Crippen LogP contribution in [-0.4, -0.2) is 23.0 Å². The first-order valence-electron chi connectivity index (χ1n) is 8.49. The summed E-state index contributed by atoms with van der Waals surface area (Å²) in [6.45, 7) is 3.81. The third-order valence-corrected chi connectivity index (χ3v) is 4.26. The van der Waals surface area contributed by atoms with Crippen molar-refractivity contribution in [2.45, 2.75) is 52.0 Å². The second kappa shape index (κ2) is 8.78. The van der Waals surface area contributed by atoms with Gasteiger partial charge in [0.15, 0.2) is 5.11 Å². The van der Waals surface area contributed by atoms with Crippen molar-refractivity contribution in [2.24, 2.45) is 5.92 Å². The Hall–Kier alpha value is -1.95. The van der Waals surface area contributed by atoms with E-state index in [4.69, 9.17) is 12.2 Å². The number of hydrogen-bond acceptors (Lipinski definition) is 3. The summed E-state index contributed by atoms with van der Waals surface area (Å²) < 4.78 is 0. The van der Waals surface area contributed by atoms with Crippen LogP contribution in [0.1, 0.15) is 56.3 Å². The van der Waals surface area contributed by atoms with Crippen LogP contribution in [0.2, 0.25) is 0 Å². The van der Waals surface area contributed by atoms with Gasteiger partial charge in [-0.3, -0.25) is 9.59 Å². The van der Waals surface area contributed by atoms with Gasteiger partial charge in [-0.1, -0.05) is 31.4 Å². The van der Waals surface area contributed by atoms with Crippen molar-refractivity contribution in [1.29, 1.82) is 0 Å². The van der Waals surface area contributed by atoms with Gasteiger partial charge in [-0.15, -0.1) is 0 Å². The van der Waals surface area contributed by atoms with Gasteiger partial charge in [0, 0.05) is 12.0 Å². The molecule has 1 aromatic rings. The molecule has 2 amide bonds. The molecule has 6 heteroatoms. The predicted octanol–water partition coefficient (Wildman–Crippen LogP) is 3.22. The SMILES string of the molecule is CC(C)NC(=O)c1ccccc1NC(=S)NC(=O)C1CCCCC1. The van der Waals surface area contributed by atoms with Crippen molar-refractivity contribution in [1.82, 2.24) is 10.6 Å². The molecular formula is C18H25N3O2S. The van der Waals surface area contributed by atoms with E-state index in [0.29, 0.717) is 11.3 Å². The summed E-state index contributed by atoms with van der Waals surface area (Å²) >= 11 is 5.24.